The van der Waals surface area contributed by atoms with Crippen molar-refractivity contribution in [2.45, 2.75) is 11.4 Å². The van der Waals surface area contributed by atoms with E-state index in [0.29, 0.717) is 26.8 Å². The maximum Gasteiger partial charge on any atom is 0.247 e. The van der Waals surface area contributed by atoms with Gasteiger partial charge in [-0.05, 0) is 40.4 Å². The number of benzene rings is 2. The third-order valence-corrected chi connectivity index (χ3v) is 5.46. The molecule has 4 rings (SSSR count). The molecule has 0 aliphatic carbocycles. The average molecular weight is 496 g/mol. The minimum Gasteiger partial charge on any atom is -0.506 e. The van der Waals surface area contributed by atoms with E-state index in [1.54, 1.807) is 12.1 Å². The molecule has 1 aliphatic heterocycles. The van der Waals surface area contributed by atoms with Crippen LogP contribution in [0, 0.1) is 0 Å². The summed E-state index contributed by atoms with van der Waals surface area (Å²) in [5.74, 6) is 0.459. The van der Waals surface area contributed by atoms with Gasteiger partial charge in [-0.1, -0.05) is 45.9 Å². The van der Waals surface area contributed by atoms with Gasteiger partial charge in [0.2, 0.25) is 17.3 Å². The van der Waals surface area contributed by atoms with E-state index in [4.69, 9.17) is 4.74 Å². The van der Waals surface area contributed by atoms with Crippen LogP contribution in [0.25, 0.3) is 11.3 Å². The number of para-hydroxylation sites is 1. The smallest absolute Gasteiger partial charge is 0.247 e. The Balaban J connectivity index is 1.90. The highest BCUT2D eigenvalue weighted by atomic mass is 79.9. The number of hydrogen-bond acceptors (Lipinski definition) is 7. The number of halogens is 2. The molecule has 26 heavy (non-hydrogen) atoms. The Morgan fingerprint density at radius 2 is 2.00 bits per heavy atom. The van der Waals surface area contributed by atoms with Gasteiger partial charge in [0, 0.05) is 15.7 Å². The van der Waals surface area contributed by atoms with Gasteiger partial charge in [0.05, 0.1) is 10.0 Å². The summed E-state index contributed by atoms with van der Waals surface area (Å²) >= 11 is 8.20. The monoisotopic (exact) mass is 494 g/mol. The fourth-order valence-electron chi connectivity index (χ4n) is 2.66. The lowest BCUT2D eigenvalue weighted by molar-refractivity contribution is 0.220. The molecule has 0 radical (unpaired) electrons. The number of phenolic OH excluding ortho intramolecular Hbond substituents is 1. The number of rotatable bonds is 2. The molecule has 9 heteroatoms. The second-order valence-corrected chi connectivity index (χ2v) is 8.01. The number of nitrogens with zero attached hydrogens (tertiary/aromatic N) is 3. The molecule has 2 N–H and O–H groups in total. The van der Waals surface area contributed by atoms with Crippen molar-refractivity contribution in [3.8, 4) is 22.9 Å². The van der Waals surface area contributed by atoms with Crippen LogP contribution in [0.5, 0.6) is 11.6 Å². The van der Waals surface area contributed by atoms with Crippen molar-refractivity contribution in [2.24, 2.45) is 0 Å². The maximum atomic E-state index is 10.5. The van der Waals surface area contributed by atoms with Gasteiger partial charge in [0.15, 0.2) is 5.69 Å². The lowest BCUT2D eigenvalue weighted by Gasteiger charge is -2.21. The van der Waals surface area contributed by atoms with Gasteiger partial charge >= 0.3 is 0 Å². The zero-order valence-corrected chi connectivity index (χ0v) is 17.4. The van der Waals surface area contributed by atoms with Crippen molar-refractivity contribution in [3.05, 3.63) is 50.9 Å². The van der Waals surface area contributed by atoms with Crippen LogP contribution < -0.4 is 10.1 Å². The number of aromatic hydroxyl groups is 1. The first kappa shape index (κ1) is 17.6. The number of ether oxygens (including phenoxy) is 1. The molecular weight excluding hydrogens is 484 g/mol. The Bertz CT molecular complexity index is 1000. The minimum absolute atomic E-state index is 0.0961. The van der Waals surface area contributed by atoms with Crippen LogP contribution in [0.15, 0.2) is 50.5 Å². The normalized spacial score (nSPS) is 15.3. The van der Waals surface area contributed by atoms with E-state index in [9.17, 15) is 5.11 Å². The average Bonchev–Trinajstić information content (AvgIpc) is 2.80. The van der Waals surface area contributed by atoms with E-state index in [2.05, 4.69) is 52.4 Å². The molecule has 3 aromatic rings. The van der Waals surface area contributed by atoms with Crippen LogP contribution in [0.1, 0.15) is 11.8 Å². The van der Waals surface area contributed by atoms with Gasteiger partial charge in [0.25, 0.3) is 0 Å². The number of hydrogen-bond donors (Lipinski definition) is 2. The van der Waals surface area contributed by atoms with Crippen molar-refractivity contribution in [3.63, 3.8) is 0 Å². The molecule has 6 nitrogen and oxygen atoms in total. The van der Waals surface area contributed by atoms with Gasteiger partial charge in [-0.15, -0.1) is 10.2 Å². The summed E-state index contributed by atoms with van der Waals surface area (Å²) in [4.78, 5) is 4.46. The van der Waals surface area contributed by atoms with Crippen LogP contribution in [0.4, 0.5) is 5.69 Å². The quantitative estimate of drug-likeness (QED) is 0.484. The fourth-order valence-corrected chi connectivity index (χ4v) is 4.22. The summed E-state index contributed by atoms with van der Waals surface area (Å²) in [6, 6.07) is 11.3. The van der Waals surface area contributed by atoms with Crippen LogP contribution in [-0.4, -0.2) is 26.5 Å². The first-order valence-electron chi connectivity index (χ1n) is 7.56. The van der Waals surface area contributed by atoms with Gasteiger partial charge in [-0.3, -0.25) is 0 Å². The molecule has 1 atom stereocenters. The molecule has 2 aromatic carbocycles. The second kappa shape index (κ2) is 7.05. The standard InChI is InChI=1S/C17H12Br2N4O2S/c1-26-17-21-16-13(22-23-17)9-4-2-3-5-12(9)20-15(25-16)10-6-8(18)7-11(19)14(10)24/h2-7,15,20,24H,1H3. The maximum absolute atomic E-state index is 10.5. The summed E-state index contributed by atoms with van der Waals surface area (Å²) in [5.41, 5.74) is 2.78. The summed E-state index contributed by atoms with van der Waals surface area (Å²) in [7, 11) is 0. The van der Waals surface area contributed by atoms with E-state index in [1.807, 2.05) is 30.5 Å². The zero-order chi connectivity index (χ0) is 18.3. The molecule has 0 amide bonds. The lowest BCUT2D eigenvalue weighted by atomic mass is 10.1. The number of aromatic nitrogens is 3. The molecule has 0 saturated carbocycles. The zero-order valence-electron chi connectivity index (χ0n) is 13.4. The van der Waals surface area contributed by atoms with E-state index >= 15 is 0 Å². The van der Waals surface area contributed by atoms with Crippen molar-refractivity contribution >= 4 is 49.3 Å². The van der Waals surface area contributed by atoms with Gasteiger partial charge in [-0.25, -0.2) is 0 Å². The molecule has 132 valence electrons. The predicted molar refractivity (Wildman–Crippen MR) is 108 cm³/mol. The van der Waals surface area contributed by atoms with Crippen LogP contribution in [0.2, 0.25) is 0 Å². The topological polar surface area (TPSA) is 80.2 Å². The Morgan fingerprint density at radius 1 is 1.19 bits per heavy atom. The van der Waals surface area contributed by atoms with Crippen molar-refractivity contribution in [2.75, 3.05) is 11.6 Å². The van der Waals surface area contributed by atoms with E-state index < -0.39 is 6.23 Å². The minimum atomic E-state index is -0.655. The molecule has 0 saturated heterocycles. The highest BCUT2D eigenvalue weighted by Gasteiger charge is 2.28. The number of phenols is 1. The SMILES string of the molecule is CSc1nnc2c(n1)OC(c1cc(Br)cc(Br)c1O)Nc1ccccc1-2. The third-order valence-electron chi connectivity index (χ3n) is 3.86. The third kappa shape index (κ3) is 3.15. The highest BCUT2D eigenvalue weighted by Crippen LogP contribution is 2.43. The van der Waals surface area contributed by atoms with Gasteiger partial charge in [0.1, 0.15) is 5.75 Å². The van der Waals surface area contributed by atoms with Crippen molar-refractivity contribution < 1.29 is 9.84 Å². The van der Waals surface area contributed by atoms with E-state index in [1.165, 1.54) is 11.8 Å². The van der Waals surface area contributed by atoms with Crippen LogP contribution in [-0.2, 0) is 0 Å². The van der Waals surface area contributed by atoms with E-state index in [-0.39, 0.29) is 5.75 Å². The number of anilines is 1. The molecular formula is C17H12Br2N4O2S. The predicted octanol–water partition coefficient (Wildman–Crippen LogP) is 4.99. The van der Waals surface area contributed by atoms with Crippen LogP contribution in [0.3, 0.4) is 0 Å². The molecule has 1 aromatic heterocycles. The first-order valence-corrected chi connectivity index (χ1v) is 10.4. The Kier molecular flexibility index (Phi) is 4.76. The molecule has 1 aliphatic rings. The number of thioether (sulfide) groups is 1. The number of nitrogens with one attached hydrogen (secondary N) is 1. The second-order valence-electron chi connectivity index (χ2n) is 5.47. The summed E-state index contributed by atoms with van der Waals surface area (Å²) in [5, 5.41) is 22.8. The van der Waals surface area contributed by atoms with Crippen LogP contribution >= 0.6 is 43.6 Å². The van der Waals surface area contributed by atoms with Crippen molar-refractivity contribution in [1.82, 2.24) is 15.2 Å². The highest BCUT2D eigenvalue weighted by molar-refractivity contribution is 9.11. The summed E-state index contributed by atoms with van der Waals surface area (Å²) < 4.78 is 7.50. The molecule has 1 unspecified atom stereocenters. The molecule has 0 fully saturated rings. The molecule has 0 bridgehead atoms. The van der Waals surface area contributed by atoms with Gasteiger partial charge in [-0.2, -0.15) is 4.98 Å². The Morgan fingerprint density at radius 3 is 2.81 bits per heavy atom. The first-order chi connectivity index (χ1) is 12.6. The summed E-state index contributed by atoms with van der Waals surface area (Å²) in [6.45, 7) is 0. The number of fused-ring (bicyclic) bond motifs is 3. The van der Waals surface area contributed by atoms with Gasteiger partial charge < -0.3 is 15.2 Å². The Hall–Kier alpha value is -1.84. The Labute approximate surface area is 170 Å². The molecule has 2 heterocycles. The van der Waals surface area contributed by atoms with E-state index in [0.717, 1.165) is 15.7 Å². The fraction of sp³-hybridized carbons (Fsp3) is 0.118. The molecule has 0 spiro atoms. The summed E-state index contributed by atoms with van der Waals surface area (Å²) in [6.07, 6.45) is 1.22. The van der Waals surface area contributed by atoms with Crippen molar-refractivity contribution in [1.29, 1.82) is 0 Å². The largest absolute Gasteiger partial charge is 0.506 e. The lowest BCUT2D eigenvalue weighted by Crippen LogP contribution is -2.17.